The van der Waals surface area contributed by atoms with E-state index >= 15 is 0 Å². The van der Waals surface area contributed by atoms with Crippen LogP contribution in [0.2, 0.25) is 15.1 Å². The van der Waals surface area contributed by atoms with Crippen LogP contribution in [0.3, 0.4) is 0 Å². The Morgan fingerprint density at radius 1 is 1.12 bits per heavy atom. The van der Waals surface area contributed by atoms with Crippen molar-refractivity contribution >= 4 is 45.7 Å². The zero-order valence-corrected chi connectivity index (χ0v) is 15.8. The van der Waals surface area contributed by atoms with Crippen LogP contribution in [0.1, 0.15) is 25.1 Å². The first-order valence-electron chi connectivity index (χ1n) is 7.88. The van der Waals surface area contributed by atoms with Gasteiger partial charge in [-0.25, -0.2) is 0 Å². The Balaban J connectivity index is 2.15. The van der Waals surface area contributed by atoms with Gasteiger partial charge < -0.3 is 10.3 Å². The molecule has 0 fully saturated rings. The van der Waals surface area contributed by atoms with Gasteiger partial charge in [0, 0.05) is 46.2 Å². The quantitative estimate of drug-likeness (QED) is 0.496. The topological polar surface area (TPSA) is 51.6 Å². The van der Waals surface area contributed by atoms with Crippen LogP contribution in [0, 0.1) is 11.3 Å². The fourth-order valence-corrected chi connectivity index (χ4v) is 3.39. The van der Waals surface area contributed by atoms with Crippen molar-refractivity contribution in [2.45, 2.75) is 19.4 Å². The Kier molecular flexibility index (Phi) is 5.56. The van der Waals surface area contributed by atoms with Gasteiger partial charge in [0.1, 0.15) is 0 Å². The van der Waals surface area contributed by atoms with Gasteiger partial charge in [-0.3, -0.25) is 0 Å². The predicted octanol–water partition coefficient (Wildman–Crippen LogP) is 6.36. The monoisotopic (exact) mass is 391 g/mol. The molecule has 6 heteroatoms. The Hall–Kier alpha value is -1.70. The third-order valence-electron chi connectivity index (χ3n) is 4.12. The van der Waals surface area contributed by atoms with E-state index in [0.29, 0.717) is 28.0 Å². The Morgan fingerprint density at radius 2 is 1.92 bits per heavy atom. The molecule has 3 rings (SSSR count). The molecule has 0 radical (unpaired) electrons. The number of nitriles is 1. The van der Waals surface area contributed by atoms with Gasteiger partial charge in [0.2, 0.25) is 0 Å². The number of aromatic amines is 1. The summed E-state index contributed by atoms with van der Waals surface area (Å²) >= 11 is 18.5. The van der Waals surface area contributed by atoms with E-state index in [0.717, 1.165) is 27.7 Å². The number of halogens is 3. The summed E-state index contributed by atoms with van der Waals surface area (Å²) in [5, 5.41) is 14.8. The summed E-state index contributed by atoms with van der Waals surface area (Å²) in [5.74, 6) is 0. The zero-order chi connectivity index (χ0) is 18.0. The van der Waals surface area contributed by atoms with Crippen molar-refractivity contribution in [3.63, 3.8) is 0 Å². The van der Waals surface area contributed by atoms with E-state index in [1.54, 1.807) is 6.07 Å². The molecular formula is C19H16Cl3N3. The zero-order valence-electron chi connectivity index (χ0n) is 13.5. The largest absolute Gasteiger partial charge is 0.357 e. The van der Waals surface area contributed by atoms with Gasteiger partial charge in [-0.2, -0.15) is 5.26 Å². The lowest BCUT2D eigenvalue weighted by atomic mass is 9.99. The maximum Gasteiger partial charge on any atom is 0.0635 e. The molecular weight excluding hydrogens is 377 g/mol. The van der Waals surface area contributed by atoms with E-state index in [1.165, 1.54) is 0 Å². The number of nitrogens with one attached hydrogen (secondary N) is 2. The summed E-state index contributed by atoms with van der Waals surface area (Å²) in [4.78, 5) is 3.47. The van der Waals surface area contributed by atoms with Gasteiger partial charge in [0.25, 0.3) is 0 Å². The van der Waals surface area contributed by atoms with Crippen molar-refractivity contribution in [2.24, 2.45) is 0 Å². The SMILES string of the molecule is CC(NCCC#N)c1[nH]c2ccc(Cl)cc2c1-c1ccc(Cl)c(Cl)c1. The van der Waals surface area contributed by atoms with Crippen LogP contribution in [-0.4, -0.2) is 11.5 Å². The highest BCUT2D eigenvalue weighted by molar-refractivity contribution is 6.42. The minimum atomic E-state index is 0.0315. The third kappa shape index (κ3) is 3.78. The molecule has 25 heavy (non-hydrogen) atoms. The van der Waals surface area contributed by atoms with Crippen LogP contribution in [0.4, 0.5) is 0 Å². The van der Waals surface area contributed by atoms with Crippen LogP contribution in [0.5, 0.6) is 0 Å². The molecule has 0 amide bonds. The van der Waals surface area contributed by atoms with Crippen molar-refractivity contribution in [1.82, 2.24) is 10.3 Å². The van der Waals surface area contributed by atoms with Gasteiger partial charge in [-0.1, -0.05) is 40.9 Å². The van der Waals surface area contributed by atoms with Gasteiger partial charge in [-0.05, 0) is 42.8 Å². The van der Waals surface area contributed by atoms with Crippen molar-refractivity contribution in [1.29, 1.82) is 5.26 Å². The van der Waals surface area contributed by atoms with Crippen LogP contribution >= 0.6 is 34.8 Å². The van der Waals surface area contributed by atoms with Crippen molar-refractivity contribution in [2.75, 3.05) is 6.54 Å². The molecule has 3 nitrogen and oxygen atoms in total. The highest BCUT2D eigenvalue weighted by atomic mass is 35.5. The summed E-state index contributed by atoms with van der Waals surface area (Å²) in [6, 6.07) is 13.5. The molecule has 0 saturated carbocycles. The average Bonchev–Trinajstić information content (AvgIpc) is 2.96. The fraction of sp³-hybridized carbons (Fsp3) is 0.211. The van der Waals surface area contributed by atoms with Gasteiger partial charge in [-0.15, -0.1) is 0 Å². The number of hydrogen-bond donors (Lipinski definition) is 2. The lowest BCUT2D eigenvalue weighted by Crippen LogP contribution is -2.20. The van der Waals surface area contributed by atoms with Crippen LogP contribution in [-0.2, 0) is 0 Å². The van der Waals surface area contributed by atoms with Gasteiger partial charge >= 0.3 is 0 Å². The van der Waals surface area contributed by atoms with Crippen LogP contribution in [0.25, 0.3) is 22.0 Å². The van der Waals surface area contributed by atoms with Gasteiger partial charge in [0.15, 0.2) is 0 Å². The maximum absolute atomic E-state index is 8.74. The molecule has 2 aromatic carbocycles. The summed E-state index contributed by atoms with van der Waals surface area (Å²) in [7, 11) is 0. The predicted molar refractivity (Wildman–Crippen MR) is 105 cm³/mol. The summed E-state index contributed by atoms with van der Waals surface area (Å²) in [6.07, 6.45) is 0.457. The molecule has 2 N–H and O–H groups in total. The summed E-state index contributed by atoms with van der Waals surface area (Å²) < 4.78 is 0. The van der Waals surface area contributed by atoms with Crippen molar-refractivity contribution < 1.29 is 0 Å². The van der Waals surface area contributed by atoms with E-state index in [9.17, 15) is 0 Å². The molecule has 3 aromatic rings. The average molecular weight is 393 g/mol. The minimum absolute atomic E-state index is 0.0315. The van der Waals surface area contributed by atoms with E-state index in [2.05, 4.69) is 23.3 Å². The van der Waals surface area contributed by atoms with E-state index < -0.39 is 0 Å². The van der Waals surface area contributed by atoms with Crippen LogP contribution < -0.4 is 5.32 Å². The Labute approximate surface area is 161 Å². The minimum Gasteiger partial charge on any atom is -0.357 e. The molecule has 1 aromatic heterocycles. The smallest absolute Gasteiger partial charge is 0.0635 e. The maximum atomic E-state index is 8.74. The van der Waals surface area contributed by atoms with Crippen molar-refractivity contribution in [3.8, 4) is 17.2 Å². The molecule has 1 unspecified atom stereocenters. The summed E-state index contributed by atoms with van der Waals surface area (Å²) in [6.45, 7) is 2.68. The first kappa shape index (κ1) is 18.1. The van der Waals surface area contributed by atoms with E-state index in [1.807, 2.05) is 30.3 Å². The lowest BCUT2D eigenvalue weighted by molar-refractivity contribution is 0.574. The third-order valence-corrected chi connectivity index (χ3v) is 5.09. The Morgan fingerprint density at radius 3 is 2.64 bits per heavy atom. The standard InChI is InChI=1S/C19H16Cl3N3/c1-11(24-8-2-7-23)19-18(12-3-5-15(21)16(22)9-12)14-10-13(20)4-6-17(14)25-19/h3-6,9-11,24-25H,2,8H2,1H3. The number of benzene rings is 2. The van der Waals surface area contributed by atoms with E-state index in [4.69, 9.17) is 40.1 Å². The molecule has 0 bridgehead atoms. The lowest BCUT2D eigenvalue weighted by Gasteiger charge is -2.15. The number of hydrogen-bond acceptors (Lipinski definition) is 2. The molecule has 1 atom stereocenters. The molecule has 1 heterocycles. The number of aromatic nitrogens is 1. The Bertz CT molecular complexity index is 956. The number of fused-ring (bicyclic) bond motifs is 1. The highest BCUT2D eigenvalue weighted by Crippen LogP contribution is 2.38. The first-order chi connectivity index (χ1) is 12.0. The number of nitrogens with zero attached hydrogens (tertiary/aromatic N) is 1. The highest BCUT2D eigenvalue weighted by Gasteiger charge is 2.19. The van der Waals surface area contributed by atoms with Crippen molar-refractivity contribution in [3.05, 3.63) is 57.2 Å². The second-order valence-corrected chi connectivity index (χ2v) is 7.07. The summed E-state index contributed by atoms with van der Waals surface area (Å²) in [5.41, 5.74) is 4.02. The number of H-pyrrole nitrogens is 1. The number of rotatable bonds is 5. The van der Waals surface area contributed by atoms with Crippen LogP contribution in [0.15, 0.2) is 36.4 Å². The fourth-order valence-electron chi connectivity index (χ4n) is 2.92. The molecule has 0 aliphatic rings. The molecule has 0 saturated heterocycles. The molecule has 0 aliphatic heterocycles. The molecule has 0 aliphatic carbocycles. The second-order valence-electron chi connectivity index (χ2n) is 5.82. The second kappa shape index (κ2) is 7.68. The van der Waals surface area contributed by atoms with E-state index in [-0.39, 0.29) is 6.04 Å². The first-order valence-corrected chi connectivity index (χ1v) is 9.01. The van der Waals surface area contributed by atoms with Gasteiger partial charge in [0.05, 0.1) is 16.1 Å². The molecule has 128 valence electrons. The molecule has 0 spiro atoms. The normalized spacial score (nSPS) is 12.3.